The molecule has 0 bridgehead atoms. The summed E-state index contributed by atoms with van der Waals surface area (Å²) < 4.78 is 31.6. The van der Waals surface area contributed by atoms with Crippen molar-refractivity contribution in [3.8, 4) is 0 Å². The molecule has 0 atom stereocenters. The van der Waals surface area contributed by atoms with Crippen LogP contribution in [-0.2, 0) is 14.9 Å². The van der Waals surface area contributed by atoms with Crippen LogP contribution in [0, 0.1) is 0 Å². The maximum absolute atomic E-state index is 10.6. The monoisotopic (exact) mass is 382 g/mol. The van der Waals surface area contributed by atoms with Gasteiger partial charge < -0.3 is 39.3 Å². The Morgan fingerprint density at radius 3 is 1.94 bits per heavy atom. The SMILES string of the molecule is CC(=O)Nc1ccc(S(=O)(=O)[O-])cc1.O.[I-].[Na+]. The number of halogens is 1. The molecule has 0 heterocycles. The van der Waals surface area contributed by atoms with Gasteiger partial charge in [0, 0.05) is 12.6 Å². The van der Waals surface area contributed by atoms with E-state index in [9.17, 15) is 17.8 Å². The second kappa shape index (κ2) is 9.25. The molecule has 0 aromatic heterocycles. The number of carbonyl (C=O) groups is 1. The van der Waals surface area contributed by atoms with E-state index in [1.165, 1.54) is 19.1 Å². The molecule has 0 saturated heterocycles. The summed E-state index contributed by atoms with van der Waals surface area (Å²) in [6.07, 6.45) is 0. The van der Waals surface area contributed by atoms with E-state index in [0.717, 1.165) is 12.1 Å². The van der Waals surface area contributed by atoms with Gasteiger partial charge >= 0.3 is 29.6 Å². The quantitative estimate of drug-likeness (QED) is 0.311. The molecule has 0 aliphatic carbocycles. The molecule has 6 nitrogen and oxygen atoms in total. The summed E-state index contributed by atoms with van der Waals surface area (Å²) in [7, 11) is -4.41. The summed E-state index contributed by atoms with van der Waals surface area (Å²) in [5, 5.41) is 2.45. The van der Waals surface area contributed by atoms with Gasteiger partial charge in [-0.25, -0.2) is 8.42 Å². The Balaban J connectivity index is -0.000000653. The zero-order valence-corrected chi connectivity index (χ0v) is 14.2. The average molecular weight is 382 g/mol. The molecular weight excluding hydrogens is 372 g/mol. The Bertz CT molecular complexity index is 447. The average Bonchev–Trinajstić information content (AvgIpc) is 2.02. The number of amides is 1. The molecule has 0 radical (unpaired) electrons. The van der Waals surface area contributed by atoms with E-state index in [1.807, 2.05) is 0 Å². The van der Waals surface area contributed by atoms with Crippen LogP contribution >= 0.6 is 0 Å². The van der Waals surface area contributed by atoms with E-state index >= 15 is 0 Å². The minimum Gasteiger partial charge on any atom is -1.00 e. The summed E-state index contributed by atoms with van der Waals surface area (Å²) in [5.74, 6) is -0.261. The number of carbonyl (C=O) groups excluding carboxylic acids is 1. The Hall–Kier alpha value is 0.290. The van der Waals surface area contributed by atoms with Crippen LogP contribution in [0.5, 0.6) is 0 Å². The van der Waals surface area contributed by atoms with Crippen LogP contribution in [0.3, 0.4) is 0 Å². The van der Waals surface area contributed by atoms with Crippen LogP contribution in [0.1, 0.15) is 6.92 Å². The standard InChI is InChI=1S/C8H9NO4S.HI.Na.H2O/c1-6(10)9-7-2-4-8(5-3-7)14(11,12)13;;;/h2-5H,1H3,(H,9,10)(H,11,12,13);1H;;1H2/q;;+1;/p-2. The van der Waals surface area contributed by atoms with Gasteiger partial charge in [0.15, 0.2) is 0 Å². The molecule has 1 amide bonds. The maximum atomic E-state index is 10.6. The Morgan fingerprint density at radius 1 is 1.24 bits per heavy atom. The fourth-order valence-electron chi connectivity index (χ4n) is 0.908. The summed E-state index contributed by atoms with van der Waals surface area (Å²) in [5.41, 5.74) is 0.449. The van der Waals surface area contributed by atoms with Gasteiger partial charge in [0.25, 0.3) is 0 Å². The minimum absolute atomic E-state index is 0. The van der Waals surface area contributed by atoms with Gasteiger partial charge in [0.2, 0.25) is 5.91 Å². The molecule has 1 rings (SSSR count). The topological polar surface area (TPSA) is 118 Å². The summed E-state index contributed by atoms with van der Waals surface area (Å²) in [6.45, 7) is 1.33. The largest absolute Gasteiger partial charge is 1.00 e. The van der Waals surface area contributed by atoms with Crippen molar-refractivity contribution in [2.24, 2.45) is 0 Å². The fraction of sp³-hybridized carbons (Fsp3) is 0.125. The van der Waals surface area contributed by atoms with Gasteiger partial charge in [-0.15, -0.1) is 0 Å². The van der Waals surface area contributed by atoms with Gasteiger partial charge in [-0.3, -0.25) is 4.79 Å². The first kappa shape index (κ1) is 22.5. The number of hydrogen-bond acceptors (Lipinski definition) is 4. The third-order valence-corrected chi connectivity index (χ3v) is 2.31. The Kier molecular flexibility index (Phi) is 12.2. The molecule has 0 fully saturated rings. The molecule has 1 aromatic carbocycles. The third-order valence-electron chi connectivity index (χ3n) is 1.46. The van der Waals surface area contributed by atoms with E-state index in [1.54, 1.807) is 0 Å². The van der Waals surface area contributed by atoms with Crippen molar-refractivity contribution in [2.45, 2.75) is 11.8 Å². The molecule has 0 aliphatic heterocycles. The van der Waals surface area contributed by atoms with Gasteiger partial charge in [-0.05, 0) is 24.3 Å². The van der Waals surface area contributed by atoms with E-state index in [0.29, 0.717) is 5.69 Å². The molecule has 3 N–H and O–H groups in total. The number of rotatable bonds is 2. The predicted octanol–water partition coefficient (Wildman–Crippen LogP) is -6.27. The third kappa shape index (κ3) is 8.08. The van der Waals surface area contributed by atoms with Gasteiger partial charge in [-0.2, -0.15) is 0 Å². The van der Waals surface area contributed by atoms with E-state index in [-0.39, 0.29) is 69.8 Å². The second-order valence-corrected chi connectivity index (χ2v) is 4.04. The van der Waals surface area contributed by atoms with Crippen LogP contribution in [0.4, 0.5) is 5.69 Å². The molecule has 0 unspecified atom stereocenters. The smallest absolute Gasteiger partial charge is 1.00 e. The molecule has 0 spiro atoms. The molecular formula is C8H10INNaO5S-. The molecule has 9 heteroatoms. The van der Waals surface area contributed by atoms with Crippen LogP contribution in [0.25, 0.3) is 0 Å². The van der Waals surface area contributed by atoms with Crippen LogP contribution in [0.2, 0.25) is 0 Å². The number of anilines is 1. The first-order valence-electron chi connectivity index (χ1n) is 3.73. The van der Waals surface area contributed by atoms with Gasteiger partial charge in [0.05, 0.1) is 4.90 Å². The molecule has 0 aliphatic rings. The zero-order chi connectivity index (χ0) is 10.8. The first-order chi connectivity index (χ1) is 6.39. The van der Waals surface area contributed by atoms with Crippen molar-refractivity contribution in [1.82, 2.24) is 0 Å². The molecule has 1 aromatic rings. The number of nitrogens with one attached hydrogen (secondary N) is 1. The van der Waals surface area contributed by atoms with Crippen LogP contribution in [0.15, 0.2) is 29.2 Å². The summed E-state index contributed by atoms with van der Waals surface area (Å²) in [4.78, 5) is 10.3. The van der Waals surface area contributed by atoms with Gasteiger partial charge in [0.1, 0.15) is 10.1 Å². The van der Waals surface area contributed by atoms with E-state index < -0.39 is 10.1 Å². The fourth-order valence-corrected chi connectivity index (χ4v) is 1.38. The zero-order valence-electron chi connectivity index (χ0n) is 9.23. The van der Waals surface area contributed by atoms with E-state index in [2.05, 4.69) is 5.32 Å². The van der Waals surface area contributed by atoms with Crippen molar-refractivity contribution in [2.75, 3.05) is 5.32 Å². The Labute approximate surface area is 139 Å². The van der Waals surface area contributed by atoms with Crippen molar-refractivity contribution < 1.29 is 76.8 Å². The predicted molar refractivity (Wildman–Crippen MR) is 52.3 cm³/mol. The van der Waals surface area contributed by atoms with Crippen molar-refractivity contribution >= 4 is 21.7 Å². The van der Waals surface area contributed by atoms with Crippen molar-refractivity contribution in [1.29, 1.82) is 0 Å². The van der Waals surface area contributed by atoms with E-state index in [4.69, 9.17) is 0 Å². The molecule has 92 valence electrons. The number of hydrogen-bond donors (Lipinski definition) is 1. The van der Waals surface area contributed by atoms with Crippen LogP contribution < -0.4 is 58.9 Å². The van der Waals surface area contributed by atoms with Gasteiger partial charge in [-0.1, -0.05) is 0 Å². The summed E-state index contributed by atoms with van der Waals surface area (Å²) >= 11 is 0. The minimum atomic E-state index is -4.41. The summed E-state index contributed by atoms with van der Waals surface area (Å²) in [6, 6.07) is 5.00. The Morgan fingerprint density at radius 2 is 1.65 bits per heavy atom. The molecule has 17 heavy (non-hydrogen) atoms. The van der Waals surface area contributed by atoms with Crippen LogP contribution in [-0.4, -0.2) is 24.4 Å². The van der Waals surface area contributed by atoms with Crippen molar-refractivity contribution in [3.63, 3.8) is 0 Å². The van der Waals surface area contributed by atoms with Crippen molar-refractivity contribution in [3.05, 3.63) is 24.3 Å². The number of benzene rings is 1. The normalized spacial score (nSPS) is 9.06. The second-order valence-electron chi connectivity index (χ2n) is 2.66. The first-order valence-corrected chi connectivity index (χ1v) is 5.14. The maximum Gasteiger partial charge on any atom is 1.00 e. The molecule has 0 saturated carbocycles.